The number of nitrogens with one attached hydrogen (secondary N) is 2. The van der Waals surface area contributed by atoms with Crippen molar-refractivity contribution < 1.29 is 19.1 Å². The standard InChI is InChI=1S/C19H18N2O4/c1-25-16(22)13-6-5-9-15(12-13)21-18(24)19(10-11-19)17(23)20-14-7-3-2-4-8-14/h2-9,12H,10-11H2,1H3,(H,20,23)(H,21,24). The van der Waals surface area contributed by atoms with Gasteiger partial charge in [-0.3, -0.25) is 9.59 Å². The lowest BCUT2D eigenvalue weighted by Crippen LogP contribution is -2.35. The van der Waals surface area contributed by atoms with Crippen LogP contribution in [0.3, 0.4) is 0 Å². The smallest absolute Gasteiger partial charge is 0.337 e. The Kier molecular flexibility index (Phi) is 4.52. The molecule has 0 heterocycles. The van der Waals surface area contributed by atoms with Gasteiger partial charge in [0.25, 0.3) is 0 Å². The monoisotopic (exact) mass is 338 g/mol. The quantitative estimate of drug-likeness (QED) is 0.648. The highest BCUT2D eigenvalue weighted by atomic mass is 16.5. The van der Waals surface area contributed by atoms with Crippen molar-refractivity contribution in [3.05, 3.63) is 60.2 Å². The molecule has 2 aromatic carbocycles. The third kappa shape index (κ3) is 3.52. The number of carbonyl (C=O) groups excluding carboxylic acids is 3. The average Bonchev–Trinajstić information content (AvgIpc) is 3.44. The van der Waals surface area contributed by atoms with Gasteiger partial charge in [-0.25, -0.2) is 4.79 Å². The van der Waals surface area contributed by atoms with Gasteiger partial charge in [-0.2, -0.15) is 0 Å². The van der Waals surface area contributed by atoms with E-state index < -0.39 is 11.4 Å². The number of amides is 2. The molecule has 0 aromatic heterocycles. The maximum atomic E-state index is 12.6. The van der Waals surface area contributed by atoms with Crippen LogP contribution < -0.4 is 10.6 Å². The van der Waals surface area contributed by atoms with Crippen molar-refractivity contribution in [2.24, 2.45) is 5.41 Å². The number of hydrogen-bond donors (Lipinski definition) is 2. The fourth-order valence-corrected chi connectivity index (χ4v) is 2.55. The zero-order valence-electron chi connectivity index (χ0n) is 13.7. The first-order valence-electron chi connectivity index (χ1n) is 7.91. The van der Waals surface area contributed by atoms with Gasteiger partial charge in [0.15, 0.2) is 0 Å². The van der Waals surface area contributed by atoms with Crippen LogP contribution in [-0.4, -0.2) is 24.9 Å². The third-order valence-corrected chi connectivity index (χ3v) is 4.19. The lowest BCUT2D eigenvalue weighted by molar-refractivity contribution is -0.131. The van der Waals surface area contributed by atoms with E-state index in [0.717, 1.165) is 0 Å². The molecule has 1 aliphatic rings. The van der Waals surface area contributed by atoms with E-state index in [2.05, 4.69) is 15.4 Å². The number of methoxy groups -OCH3 is 1. The molecule has 2 N–H and O–H groups in total. The Balaban J connectivity index is 1.70. The zero-order valence-corrected chi connectivity index (χ0v) is 13.7. The fraction of sp³-hybridized carbons (Fsp3) is 0.211. The number of esters is 1. The van der Waals surface area contributed by atoms with Crippen LogP contribution in [0.4, 0.5) is 11.4 Å². The van der Waals surface area contributed by atoms with E-state index in [1.54, 1.807) is 30.3 Å². The topological polar surface area (TPSA) is 84.5 Å². The van der Waals surface area contributed by atoms with Gasteiger partial charge in [0.05, 0.1) is 12.7 Å². The van der Waals surface area contributed by atoms with E-state index >= 15 is 0 Å². The minimum absolute atomic E-state index is 0.319. The van der Waals surface area contributed by atoms with Gasteiger partial charge in [0.1, 0.15) is 5.41 Å². The molecule has 0 aliphatic heterocycles. The maximum Gasteiger partial charge on any atom is 0.337 e. The Labute approximate surface area is 145 Å². The molecule has 1 fully saturated rings. The lowest BCUT2D eigenvalue weighted by Gasteiger charge is -2.15. The van der Waals surface area contributed by atoms with Crippen LogP contribution >= 0.6 is 0 Å². The number of para-hydroxylation sites is 1. The molecule has 2 aromatic rings. The summed E-state index contributed by atoms with van der Waals surface area (Å²) in [6.07, 6.45) is 0.988. The normalized spacial score (nSPS) is 14.3. The Hall–Kier alpha value is -3.15. The van der Waals surface area contributed by atoms with Crippen LogP contribution in [0, 0.1) is 5.41 Å². The van der Waals surface area contributed by atoms with E-state index in [1.807, 2.05) is 18.2 Å². The highest BCUT2D eigenvalue weighted by Crippen LogP contribution is 2.47. The molecule has 2 amide bonds. The van der Waals surface area contributed by atoms with Gasteiger partial charge in [-0.1, -0.05) is 24.3 Å². The van der Waals surface area contributed by atoms with Crippen LogP contribution in [0.15, 0.2) is 54.6 Å². The summed E-state index contributed by atoms with van der Waals surface area (Å²) in [6, 6.07) is 15.4. The molecule has 0 spiro atoms. The molecule has 25 heavy (non-hydrogen) atoms. The summed E-state index contributed by atoms with van der Waals surface area (Å²) in [5, 5.41) is 5.50. The molecule has 0 atom stereocenters. The first-order chi connectivity index (χ1) is 12.0. The molecule has 0 bridgehead atoms. The summed E-state index contributed by atoms with van der Waals surface area (Å²) < 4.78 is 4.66. The predicted molar refractivity (Wildman–Crippen MR) is 93.1 cm³/mol. The average molecular weight is 338 g/mol. The van der Waals surface area contributed by atoms with Gasteiger partial charge in [0.2, 0.25) is 11.8 Å². The summed E-state index contributed by atoms with van der Waals surface area (Å²) in [5.41, 5.74) is 0.377. The lowest BCUT2D eigenvalue weighted by atomic mass is 10.0. The minimum Gasteiger partial charge on any atom is -0.465 e. The summed E-state index contributed by atoms with van der Waals surface area (Å²) in [4.78, 5) is 36.7. The molecule has 1 aliphatic carbocycles. The fourth-order valence-electron chi connectivity index (χ4n) is 2.55. The minimum atomic E-state index is -1.06. The van der Waals surface area contributed by atoms with Crippen molar-refractivity contribution in [2.75, 3.05) is 17.7 Å². The highest BCUT2D eigenvalue weighted by molar-refractivity contribution is 6.17. The summed E-state index contributed by atoms with van der Waals surface area (Å²) in [7, 11) is 1.29. The van der Waals surface area contributed by atoms with E-state index in [4.69, 9.17) is 0 Å². The van der Waals surface area contributed by atoms with Crippen molar-refractivity contribution in [1.82, 2.24) is 0 Å². The predicted octanol–water partition coefficient (Wildman–Crippen LogP) is 2.83. The number of ether oxygens (including phenoxy) is 1. The largest absolute Gasteiger partial charge is 0.465 e. The second-order valence-electron chi connectivity index (χ2n) is 5.93. The van der Waals surface area contributed by atoms with E-state index in [0.29, 0.717) is 29.8 Å². The van der Waals surface area contributed by atoms with Crippen molar-refractivity contribution in [1.29, 1.82) is 0 Å². The number of carbonyl (C=O) groups is 3. The molecule has 0 radical (unpaired) electrons. The summed E-state index contributed by atoms with van der Waals surface area (Å²) >= 11 is 0. The van der Waals surface area contributed by atoms with Crippen LogP contribution in [0.1, 0.15) is 23.2 Å². The van der Waals surface area contributed by atoms with Gasteiger partial charge in [0, 0.05) is 11.4 Å². The van der Waals surface area contributed by atoms with Crippen molar-refractivity contribution in [3.8, 4) is 0 Å². The number of hydrogen-bond acceptors (Lipinski definition) is 4. The van der Waals surface area contributed by atoms with Crippen LogP contribution in [-0.2, 0) is 14.3 Å². The summed E-state index contributed by atoms with van der Waals surface area (Å²) in [6.45, 7) is 0. The van der Waals surface area contributed by atoms with E-state index in [9.17, 15) is 14.4 Å². The second-order valence-corrected chi connectivity index (χ2v) is 5.93. The SMILES string of the molecule is COC(=O)c1cccc(NC(=O)C2(C(=O)Nc3ccccc3)CC2)c1. The molecule has 128 valence electrons. The molecular weight excluding hydrogens is 320 g/mol. The zero-order chi connectivity index (χ0) is 17.9. The molecule has 6 heteroatoms. The first-order valence-corrected chi connectivity index (χ1v) is 7.91. The molecule has 0 saturated heterocycles. The van der Waals surface area contributed by atoms with Crippen LogP contribution in [0.25, 0.3) is 0 Å². The van der Waals surface area contributed by atoms with Crippen LogP contribution in [0.2, 0.25) is 0 Å². The van der Waals surface area contributed by atoms with Crippen molar-refractivity contribution in [3.63, 3.8) is 0 Å². The highest BCUT2D eigenvalue weighted by Gasteiger charge is 2.56. The Bertz CT molecular complexity index is 813. The van der Waals surface area contributed by atoms with Gasteiger partial charge >= 0.3 is 5.97 Å². The Morgan fingerprint density at radius 3 is 2.08 bits per heavy atom. The Morgan fingerprint density at radius 1 is 0.880 bits per heavy atom. The maximum absolute atomic E-state index is 12.6. The second kappa shape index (κ2) is 6.76. The van der Waals surface area contributed by atoms with Crippen molar-refractivity contribution in [2.45, 2.75) is 12.8 Å². The van der Waals surface area contributed by atoms with Gasteiger partial charge in [-0.15, -0.1) is 0 Å². The molecular formula is C19H18N2O4. The molecule has 0 unspecified atom stereocenters. The van der Waals surface area contributed by atoms with Crippen molar-refractivity contribution >= 4 is 29.2 Å². The molecule has 3 rings (SSSR count). The molecule has 6 nitrogen and oxygen atoms in total. The third-order valence-electron chi connectivity index (χ3n) is 4.19. The van der Waals surface area contributed by atoms with E-state index in [-0.39, 0.29) is 11.8 Å². The molecule has 1 saturated carbocycles. The number of anilines is 2. The van der Waals surface area contributed by atoms with Gasteiger partial charge in [-0.05, 0) is 43.2 Å². The van der Waals surface area contributed by atoms with Crippen LogP contribution in [0.5, 0.6) is 0 Å². The van der Waals surface area contributed by atoms with Gasteiger partial charge < -0.3 is 15.4 Å². The number of benzene rings is 2. The summed E-state index contributed by atoms with van der Waals surface area (Å²) in [5.74, 6) is -1.18. The first kappa shape index (κ1) is 16.7. The number of rotatable bonds is 5. The van der Waals surface area contributed by atoms with E-state index in [1.165, 1.54) is 13.2 Å². The Morgan fingerprint density at radius 2 is 1.48 bits per heavy atom.